The van der Waals surface area contributed by atoms with Gasteiger partial charge >= 0.3 is 0 Å². The maximum atomic E-state index is 14.7. The molecule has 38 heavy (non-hydrogen) atoms. The van der Waals surface area contributed by atoms with Gasteiger partial charge in [0, 0.05) is 23.0 Å². The monoisotopic (exact) mass is 507 g/mol. The van der Waals surface area contributed by atoms with Crippen molar-refractivity contribution in [2.75, 3.05) is 24.3 Å². The lowest BCUT2D eigenvalue weighted by Crippen LogP contribution is -2.62. The molecule has 0 aliphatic carbocycles. The van der Waals surface area contributed by atoms with Crippen LogP contribution in [0.3, 0.4) is 0 Å². The Labute approximate surface area is 221 Å². The topological polar surface area (TPSA) is 87.7 Å². The molecule has 0 bridgehead atoms. The summed E-state index contributed by atoms with van der Waals surface area (Å²) in [6, 6.07) is 18.4. The Morgan fingerprint density at radius 1 is 0.947 bits per heavy atom. The van der Waals surface area contributed by atoms with E-state index in [4.69, 9.17) is 4.74 Å². The fraction of sp³-hybridized carbons (Fsp3) is 0.323. The number of rotatable bonds is 3. The molecule has 3 aromatic carbocycles. The van der Waals surface area contributed by atoms with Gasteiger partial charge in [-0.1, -0.05) is 42.5 Å². The molecule has 2 spiro atoms. The highest BCUT2D eigenvalue weighted by molar-refractivity contribution is 6.21. The lowest BCUT2D eigenvalue weighted by atomic mass is 9.57. The minimum absolute atomic E-state index is 0.173. The van der Waals surface area contributed by atoms with Gasteiger partial charge in [-0.15, -0.1) is 0 Å². The number of hydrogen-bond acceptors (Lipinski definition) is 5. The van der Waals surface area contributed by atoms with Crippen LogP contribution in [0.5, 0.6) is 5.75 Å². The van der Waals surface area contributed by atoms with Crippen LogP contribution in [-0.2, 0) is 20.5 Å². The van der Waals surface area contributed by atoms with Crippen LogP contribution in [0.4, 0.5) is 11.4 Å². The predicted molar refractivity (Wildman–Crippen MR) is 144 cm³/mol. The number of carbonyl (C=O) groups excluding carboxylic acids is 3. The number of methoxy groups -OCH3 is 1. The predicted octanol–water partition coefficient (Wildman–Crippen LogP) is 4.33. The molecule has 4 atom stereocenters. The zero-order chi connectivity index (χ0) is 26.4. The molecular formula is C31H29N3O4. The number of para-hydroxylation sites is 2. The first-order valence-corrected chi connectivity index (χ1v) is 13.2. The smallest absolute Gasteiger partial charge is 0.251 e. The summed E-state index contributed by atoms with van der Waals surface area (Å²) in [5.41, 5.74) is 2.54. The standard InChI is InChI=1S/C31H29N3O4/c1-17-14-15-21-26(18(17)2)33-29(37)31(21)30(20-10-5-6-11-22(20)32-28(30)36)25(23-12-8-16-34(23)31)27(35)19-9-4-7-13-24(19)38-3/h4-7,9-11,13-15,23,25H,8,12,16H2,1-3H3,(H,32,36)(H,33,37)/t23-,25-,30+,31+/m0/s1. The molecule has 7 rings (SSSR count). The summed E-state index contributed by atoms with van der Waals surface area (Å²) in [6.07, 6.45) is 1.56. The lowest BCUT2D eigenvalue weighted by molar-refractivity contribution is -0.137. The van der Waals surface area contributed by atoms with E-state index in [0.29, 0.717) is 29.1 Å². The van der Waals surface area contributed by atoms with Gasteiger partial charge in [-0.05, 0) is 68.1 Å². The van der Waals surface area contributed by atoms with Crippen molar-refractivity contribution >= 4 is 29.0 Å². The molecule has 0 radical (unpaired) electrons. The van der Waals surface area contributed by atoms with E-state index in [1.807, 2.05) is 62.4 Å². The third kappa shape index (κ3) is 2.46. The Morgan fingerprint density at radius 3 is 2.53 bits per heavy atom. The molecule has 4 aliphatic heterocycles. The van der Waals surface area contributed by atoms with Gasteiger partial charge < -0.3 is 15.4 Å². The number of ether oxygens (including phenoxy) is 1. The fourth-order valence-electron chi connectivity index (χ4n) is 7.91. The van der Waals surface area contributed by atoms with Crippen molar-refractivity contribution in [1.29, 1.82) is 0 Å². The summed E-state index contributed by atoms with van der Waals surface area (Å²) in [5.74, 6) is -1.04. The summed E-state index contributed by atoms with van der Waals surface area (Å²) < 4.78 is 5.59. The van der Waals surface area contributed by atoms with Crippen LogP contribution in [0.2, 0.25) is 0 Å². The maximum absolute atomic E-state index is 14.7. The van der Waals surface area contributed by atoms with Crippen molar-refractivity contribution in [3.63, 3.8) is 0 Å². The van der Waals surface area contributed by atoms with Gasteiger partial charge in [0.05, 0.1) is 18.6 Å². The summed E-state index contributed by atoms with van der Waals surface area (Å²) in [4.78, 5) is 46.0. The quantitative estimate of drug-likeness (QED) is 0.516. The van der Waals surface area contributed by atoms with Gasteiger partial charge in [-0.25, -0.2) is 0 Å². The first kappa shape index (κ1) is 23.2. The zero-order valence-electron chi connectivity index (χ0n) is 21.6. The van der Waals surface area contributed by atoms with E-state index in [1.54, 1.807) is 19.2 Å². The molecule has 2 saturated heterocycles. The van der Waals surface area contributed by atoms with Gasteiger partial charge in [0.15, 0.2) is 5.78 Å². The van der Waals surface area contributed by atoms with Gasteiger partial charge in [-0.2, -0.15) is 0 Å². The van der Waals surface area contributed by atoms with E-state index in [2.05, 4.69) is 15.5 Å². The van der Waals surface area contributed by atoms with E-state index in [0.717, 1.165) is 35.2 Å². The second-order valence-corrected chi connectivity index (χ2v) is 10.8. The van der Waals surface area contributed by atoms with Crippen LogP contribution in [0.1, 0.15) is 45.5 Å². The number of aryl methyl sites for hydroxylation is 1. The van der Waals surface area contributed by atoms with Crippen LogP contribution < -0.4 is 15.4 Å². The normalized spacial score (nSPS) is 28.8. The maximum Gasteiger partial charge on any atom is 0.251 e. The van der Waals surface area contributed by atoms with Crippen LogP contribution in [0, 0.1) is 19.8 Å². The summed E-state index contributed by atoms with van der Waals surface area (Å²) >= 11 is 0. The Hall–Kier alpha value is -3.97. The minimum Gasteiger partial charge on any atom is -0.496 e. The Kier molecular flexibility index (Phi) is 4.74. The second kappa shape index (κ2) is 7.77. The van der Waals surface area contributed by atoms with Crippen molar-refractivity contribution in [3.05, 3.63) is 88.5 Å². The molecule has 3 aromatic rings. The summed E-state index contributed by atoms with van der Waals surface area (Å²) in [5, 5.41) is 6.26. The number of amides is 2. The average molecular weight is 508 g/mol. The molecule has 2 N–H and O–H groups in total. The lowest BCUT2D eigenvalue weighted by Gasteiger charge is -2.43. The Morgan fingerprint density at radius 2 is 1.71 bits per heavy atom. The van der Waals surface area contributed by atoms with Gasteiger partial charge in [0.25, 0.3) is 5.91 Å². The number of fused-ring (bicyclic) bond motifs is 7. The third-order valence-electron chi connectivity index (χ3n) is 9.46. The third-order valence-corrected chi connectivity index (χ3v) is 9.46. The highest BCUT2D eigenvalue weighted by atomic mass is 16.5. The van der Waals surface area contributed by atoms with Crippen LogP contribution in [0.25, 0.3) is 0 Å². The Balaban J connectivity index is 1.60. The number of ketones is 1. The molecular weight excluding hydrogens is 478 g/mol. The van der Waals surface area contributed by atoms with E-state index in [9.17, 15) is 14.4 Å². The molecule has 4 aliphatic rings. The average Bonchev–Trinajstić information content (AvgIpc) is 3.65. The van der Waals surface area contributed by atoms with E-state index in [-0.39, 0.29) is 23.6 Å². The second-order valence-electron chi connectivity index (χ2n) is 10.8. The zero-order valence-corrected chi connectivity index (χ0v) is 21.6. The van der Waals surface area contributed by atoms with Crippen molar-refractivity contribution in [1.82, 2.24) is 4.90 Å². The number of nitrogens with one attached hydrogen (secondary N) is 2. The molecule has 7 nitrogen and oxygen atoms in total. The van der Waals surface area contributed by atoms with Crippen LogP contribution in [-0.4, -0.2) is 42.2 Å². The molecule has 0 aromatic heterocycles. The molecule has 4 heterocycles. The van der Waals surface area contributed by atoms with Gasteiger partial charge in [-0.3, -0.25) is 19.3 Å². The van der Waals surface area contributed by atoms with E-state index < -0.39 is 16.9 Å². The van der Waals surface area contributed by atoms with Crippen molar-refractivity contribution in [2.45, 2.75) is 43.7 Å². The number of hydrogen-bond donors (Lipinski definition) is 2. The van der Waals surface area contributed by atoms with Crippen molar-refractivity contribution < 1.29 is 19.1 Å². The molecule has 0 unspecified atom stereocenters. The van der Waals surface area contributed by atoms with Crippen molar-refractivity contribution in [2.24, 2.45) is 5.92 Å². The first-order chi connectivity index (χ1) is 18.4. The van der Waals surface area contributed by atoms with Gasteiger partial charge in [0.1, 0.15) is 16.7 Å². The van der Waals surface area contributed by atoms with Crippen molar-refractivity contribution in [3.8, 4) is 5.75 Å². The number of nitrogens with zero attached hydrogens (tertiary/aromatic N) is 1. The van der Waals surface area contributed by atoms with Crippen LogP contribution >= 0.6 is 0 Å². The van der Waals surface area contributed by atoms with Crippen LogP contribution in [0.15, 0.2) is 60.7 Å². The first-order valence-electron chi connectivity index (χ1n) is 13.2. The molecule has 2 fully saturated rings. The molecule has 2 amide bonds. The number of Topliss-reactive ketones (excluding diaryl/α,β-unsaturated/α-hetero) is 1. The number of carbonyl (C=O) groups is 3. The summed E-state index contributed by atoms with van der Waals surface area (Å²) in [6.45, 7) is 4.63. The minimum atomic E-state index is -1.45. The molecule has 7 heteroatoms. The summed E-state index contributed by atoms with van der Waals surface area (Å²) in [7, 11) is 1.54. The number of anilines is 2. The fourth-order valence-corrected chi connectivity index (χ4v) is 7.91. The highest BCUT2D eigenvalue weighted by Crippen LogP contribution is 2.68. The largest absolute Gasteiger partial charge is 0.496 e. The van der Waals surface area contributed by atoms with Gasteiger partial charge in [0.2, 0.25) is 5.91 Å². The SMILES string of the molecule is COc1ccccc1C(=O)[C@@H]1[C@@H]2CCCN2[C@]2(C(=O)Nc3c2ccc(C)c3C)[C@@]12C(=O)Nc1ccccc12. The Bertz CT molecular complexity index is 1560. The number of benzene rings is 3. The highest BCUT2D eigenvalue weighted by Gasteiger charge is 2.81. The molecule has 192 valence electrons. The van der Waals surface area contributed by atoms with E-state index in [1.165, 1.54) is 0 Å². The molecule has 0 saturated carbocycles. The van der Waals surface area contributed by atoms with E-state index >= 15 is 0 Å².